The lowest BCUT2D eigenvalue weighted by Gasteiger charge is -2.39. The van der Waals surface area contributed by atoms with Gasteiger partial charge in [0.2, 0.25) is 0 Å². The van der Waals surface area contributed by atoms with E-state index in [1.54, 1.807) is 6.08 Å². The van der Waals surface area contributed by atoms with Crippen molar-refractivity contribution in [1.82, 2.24) is 0 Å². The third-order valence-electron chi connectivity index (χ3n) is 4.82. The van der Waals surface area contributed by atoms with Crippen LogP contribution in [0.1, 0.15) is 71.1 Å². The normalized spacial score (nSPS) is 24.4. The van der Waals surface area contributed by atoms with Crippen LogP contribution in [0, 0.1) is 5.92 Å². The molecule has 0 aromatic heterocycles. The highest BCUT2D eigenvalue weighted by Gasteiger charge is 2.37. The van der Waals surface area contributed by atoms with Crippen LogP contribution in [-0.4, -0.2) is 23.3 Å². The molecule has 2 rings (SSSR count). The Kier molecular flexibility index (Phi) is 5.64. The van der Waals surface area contributed by atoms with E-state index in [0.717, 1.165) is 44.1 Å². The average Bonchev–Trinajstić information content (AvgIpc) is 2.47. The van der Waals surface area contributed by atoms with Gasteiger partial charge in [-0.15, -0.1) is 0 Å². The maximum absolute atomic E-state index is 11.9. The molecule has 20 heavy (non-hydrogen) atoms. The molecule has 0 atom stereocenters. The zero-order chi connectivity index (χ0) is 14.4. The number of rotatable bonds is 4. The largest absolute Gasteiger partial charge is 0.463 e. The summed E-state index contributed by atoms with van der Waals surface area (Å²) >= 11 is 0. The van der Waals surface area contributed by atoms with Crippen LogP contribution in [0.15, 0.2) is 11.6 Å². The first-order valence-electron chi connectivity index (χ1n) is 8.27. The third-order valence-corrected chi connectivity index (χ3v) is 4.82. The van der Waals surface area contributed by atoms with Gasteiger partial charge in [-0.25, -0.2) is 4.79 Å². The molecule has 0 saturated heterocycles. The fourth-order valence-electron chi connectivity index (χ4n) is 3.78. The highest BCUT2D eigenvalue weighted by molar-refractivity contribution is 5.83. The van der Waals surface area contributed by atoms with Crippen LogP contribution in [0.5, 0.6) is 0 Å². The van der Waals surface area contributed by atoms with Crippen LogP contribution in [-0.2, 0) is 9.53 Å². The van der Waals surface area contributed by atoms with E-state index < -0.39 is 5.60 Å². The van der Waals surface area contributed by atoms with Crippen LogP contribution in [0.3, 0.4) is 0 Å². The number of hydrogen-bond donors (Lipinski definition) is 1. The summed E-state index contributed by atoms with van der Waals surface area (Å²) in [5, 5.41) is 11.0. The highest BCUT2D eigenvalue weighted by Crippen LogP contribution is 2.42. The van der Waals surface area contributed by atoms with Gasteiger partial charge in [0.1, 0.15) is 0 Å². The molecule has 0 aromatic rings. The van der Waals surface area contributed by atoms with Crippen LogP contribution in [0.4, 0.5) is 0 Å². The predicted octanol–water partition coefficient (Wildman–Crippen LogP) is 3.75. The van der Waals surface area contributed by atoms with Gasteiger partial charge in [0.05, 0.1) is 12.2 Å². The van der Waals surface area contributed by atoms with Crippen LogP contribution >= 0.6 is 0 Å². The van der Waals surface area contributed by atoms with Gasteiger partial charge in [-0.3, -0.25) is 0 Å². The highest BCUT2D eigenvalue weighted by atomic mass is 16.5. The Morgan fingerprint density at radius 3 is 2.35 bits per heavy atom. The summed E-state index contributed by atoms with van der Waals surface area (Å²) in [5.74, 6) is 0.0864. The summed E-state index contributed by atoms with van der Waals surface area (Å²) in [6, 6.07) is 0. The van der Waals surface area contributed by atoms with Crippen molar-refractivity contribution in [2.75, 3.05) is 6.61 Å². The zero-order valence-corrected chi connectivity index (χ0v) is 12.7. The first kappa shape index (κ1) is 15.6. The minimum absolute atomic E-state index is 0.285. The van der Waals surface area contributed by atoms with E-state index in [2.05, 4.69) is 0 Å². The summed E-state index contributed by atoms with van der Waals surface area (Å²) in [5.41, 5.74) is 0.211. The van der Waals surface area contributed by atoms with E-state index in [9.17, 15) is 9.90 Å². The number of carbonyl (C=O) groups excluding carboxylic acids is 1. The van der Waals surface area contributed by atoms with Crippen LogP contribution < -0.4 is 0 Å². The monoisotopic (exact) mass is 280 g/mol. The second kappa shape index (κ2) is 7.26. The molecule has 2 aliphatic rings. The lowest BCUT2D eigenvalue weighted by Crippen LogP contribution is -2.38. The predicted molar refractivity (Wildman–Crippen MR) is 79.3 cm³/mol. The standard InChI is InChI=1S/C17H28O3/c1-2-20-16(18)13-15(14-9-5-3-6-10-14)17(19)11-7-4-8-12-17/h13-14,19H,2-12H2,1H3/b15-13+. The van der Waals surface area contributed by atoms with E-state index in [0.29, 0.717) is 12.5 Å². The summed E-state index contributed by atoms with van der Waals surface area (Å²) in [7, 11) is 0. The average molecular weight is 280 g/mol. The smallest absolute Gasteiger partial charge is 0.330 e. The van der Waals surface area contributed by atoms with Gasteiger partial charge < -0.3 is 9.84 Å². The molecule has 0 aromatic carbocycles. The Morgan fingerprint density at radius 2 is 1.75 bits per heavy atom. The molecule has 0 radical (unpaired) electrons. The van der Waals surface area contributed by atoms with E-state index >= 15 is 0 Å². The molecule has 0 unspecified atom stereocenters. The summed E-state index contributed by atoms with van der Waals surface area (Å²) < 4.78 is 5.07. The second-order valence-electron chi connectivity index (χ2n) is 6.28. The Balaban J connectivity index is 2.20. The quantitative estimate of drug-likeness (QED) is 0.630. The molecule has 1 N–H and O–H groups in total. The van der Waals surface area contributed by atoms with Gasteiger partial charge in [0, 0.05) is 6.08 Å². The molecule has 0 spiro atoms. The maximum Gasteiger partial charge on any atom is 0.330 e. The second-order valence-corrected chi connectivity index (χ2v) is 6.28. The molecular formula is C17H28O3. The minimum atomic E-state index is -0.757. The van der Waals surface area contributed by atoms with Crippen LogP contribution in [0.2, 0.25) is 0 Å². The van der Waals surface area contributed by atoms with Gasteiger partial charge in [-0.1, -0.05) is 38.5 Å². The van der Waals surface area contributed by atoms with Crippen molar-refractivity contribution in [3.05, 3.63) is 11.6 Å². The van der Waals surface area contributed by atoms with Crippen molar-refractivity contribution in [1.29, 1.82) is 0 Å². The van der Waals surface area contributed by atoms with Gasteiger partial charge in [0.15, 0.2) is 0 Å². The first-order valence-corrected chi connectivity index (χ1v) is 8.27. The number of hydrogen-bond acceptors (Lipinski definition) is 3. The molecule has 0 heterocycles. The fraction of sp³-hybridized carbons (Fsp3) is 0.824. The van der Waals surface area contributed by atoms with Gasteiger partial charge in [0.25, 0.3) is 0 Å². The molecule has 0 aliphatic heterocycles. The number of aliphatic hydroxyl groups is 1. The van der Waals surface area contributed by atoms with Crippen molar-refractivity contribution in [3.63, 3.8) is 0 Å². The van der Waals surface area contributed by atoms with Crippen molar-refractivity contribution < 1.29 is 14.6 Å². The third kappa shape index (κ3) is 3.85. The Hall–Kier alpha value is -0.830. The minimum Gasteiger partial charge on any atom is -0.463 e. The lowest BCUT2D eigenvalue weighted by molar-refractivity contribution is -0.137. The Labute approximate surface area is 122 Å². The Bertz CT molecular complexity index is 347. The topological polar surface area (TPSA) is 46.5 Å². The van der Waals surface area contributed by atoms with E-state index in [1.807, 2.05) is 6.92 Å². The van der Waals surface area contributed by atoms with Crippen molar-refractivity contribution in [2.45, 2.75) is 76.7 Å². The SMILES string of the molecule is CCOC(=O)/C=C(\C1CCCCC1)C1(O)CCCCC1. The van der Waals surface area contributed by atoms with Gasteiger partial charge >= 0.3 is 5.97 Å². The molecule has 114 valence electrons. The van der Waals surface area contributed by atoms with E-state index in [4.69, 9.17) is 4.74 Å². The molecule has 0 bridgehead atoms. The molecule has 0 amide bonds. The lowest BCUT2D eigenvalue weighted by atomic mass is 9.70. The molecule has 2 aliphatic carbocycles. The maximum atomic E-state index is 11.9. The van der Waals surface area contributed by atoms with Crippen molar-refractivity contribution in [2.24, 2.45) is 5.92 Å². The Morgan fingerprint density at radius 1 is 1.15 bits per heavy atom. The fourth-order valence-corrected chi connectivity index (χ4v) is 3.78. The first-order chi connectivity index (χ1) is 9.65. The van der Waals surface area contributed by atoms with Crippen molar-refractivity contribution >= 4 is 5.97 Å². The van der Waals surface area contributed by atoms with E-state index in [1.165, 1.54) is 25.7 Å². The number of carbonyl (C=O) groups is 1. The molecule has 3 heteroatoms. The molecule has 2 fully saturated rings. The van der Waals surface area contributed by atoms with E-state index in [-0.39, 0.29) is 5.97 Å². The molecule has 3 nitrogen and oxygen atoms in total. The molecule has 2 saturated carbocycles. The number of ether oxygens (including phenoxy) is 1. The van der Waals surface area contributed by atoms with Gasteiger partial charge in [-0.2, -0.15) is 0 Å². The summed E-state index contributed by atoms with van der Waals surface area (Å²) in [6.45, 7) is 2.22. The zero-order valence-electron chi connectivity index (χ0n) is 12.7. The van der Waals surface area contributed by atoms with Gasteiger partial charge in [-0.05, 0) is 44.1 Å². The van der Waals surface area contributed by atoms with Crippen molar-refractivity contribution in [3.8, 4) is 0 Å². The molecular weight excluding hydrogens is 252 g/mol. The van der Waals surface area contributed by atoms with Crippen LogP contribution in [0.25, 0.3) is 0 Å². The summed E-state index contributed by atoms with van der Waals surface area (Å²) in [6.07, 6.45) is 12.4. The number of esters is 1. The summed E-state index contributed by atoms with van der Waals surface area (Å²) in [4.78, 5) is 11.9.